The molecule has 0 aliphatic heterocycles. The summed E-state index contributed by atoms with van der Waals surface area (Å²) in [4.78, 5) is 85.8. The van der Waals surface area contributed by atoms with Crippen LogP contribution in [0.3, 0.4) is 0 Å². The molecule has 0 amide bonds. The molecule has 0 aromatic heterocycles. The Balaban J connectivity index is 0.000000164. The first-order chi connectivity index (χ1) is 24.7. The Bertz CT molecular complexity index is 1850. The molecular formula is C42H50O11. The van der Waals surface area contributed by atoms with E-state index in [9.17, 15) is 54.0 Å². The first kappa shape index (κ1) is 37.8. The van der Waals surface area contributed by atoms with Crippen molar-refractivity contribution in [3.63, 3.8) is 0 Å². The molecule has 6 saturated carbocycles. The lowest BCUT2D eigenvalue weighted by molar-refractivity contribution is -0.185. The summed E-state index contributed by atoms with van der Waals surface area (Å²) in [6, 6.07) is 0. The average Bonchev–Trinajstić information content (AvgIpc) is 3.53. The van der Waals surface area contributed by atoms with Gasteiger partial charge in [-0.2, -0.15) is 0 Å². The number of rotatable bonds is 4. The summed E-state index contributed by atoms with van der Waals surface area (Å²) < 4.78 is 0. The lowest BCUT2D eigenvalue weighted by Crippen LogP contribution is -2.61. The Morgan fingerprint density at radius 3 is 1.53 bits per heavy atom. The van der Waals surface area contributed by atoms with Crippen LogP contribution in [0.1, 0.15) is 91.9 Å². The first-order valence-electron chi connectivity index (χ1n) is 19.0. The normalized spacial score (nSPS) is 46.4. The standard InChI is InChI=1S/C21H26O6.C21H24O5/c1-19-7-5-12(22)9-11(19)3-4-13-14-6-8-21(27,17(24)18(25)26)20(14,2)10-15(23)16(13)19;1-19-7-5-13(23)9-12(19)3-4-14-15-6-8-21(26,17(25)11-22)20(15,2)10-16(24)18(14)19/h5,7,9,13-14,16,18,25-27H,3-4,6,8,10H2,1-2H3;5,7,9,11,14-15,18,26H,3-4,6,8,10H2,1-2H3/t13-,14-,16+,19-,20-,21-;14-,15-,18+,19-,20-,21-/m00/s1. The largest absolute Gasteiger partial charge is 0.381 e. The van der Waals surface area contributed by atoms with Crippen LogP contribution in [-0.2, 0) is 33.6 Å². The molecule has 8 aliphatic carbocycles. The minimum absolute atomic E-state index is 0.00564. The molecule has 0 bridgehead atoms. The van der Waals surface area contributed by atoms with Crippen LogP contribution in [0.2, 0.25) is 0 Å². The number of aliphatic hydroxyl groups is 4. The Hall–Kier alpha value is -3.51. The van der Waals surface area contributed by atoms with Crippen LogP contribution in [0.5, 0.6) is 0 Å². The molecule has 12 atom stereocenters. The maximum Gasteiger partial charge on any atom is 0.227 e. The van der Waals surface area contributed by atoms with E-state index in [1.807, 2.05) is 26.0 Å². The number of hydrogen-bond donors (Lipinski definition) is 4. The van der Waals surface area contributed by atoms with Crippen LogP contribution in [0.15, 0.2) is 47.6 Å². The van der Waals surface area contributed by atoms with Gasteiger partial charge in [-0.1, -0.05) is 51.0 Å². The number of ketones is 6. The zero-order valence-corrected chi connectivity index (χ0v) is 30.8. The highest BCUT2D eigenvalue weighted by Crippen LogP contribution is 2.67. The Morgan fingerprint density at radius 1 is 0.698 bits per heavy atom. The zero-order chi connectivity index (χ0) is 38.7. The van der Waals surface area contributed by atoms with Crippen molar-refractivity contribution in [1.82, 2.24) is 0 Å². The fourth-order valence-corrected chi connectivity index (χ4v) is 13.2. The van der Waals surface area contributed by atoms with Gasteiger partial charge in [0.05, 0.1) is 0 Å². The molecule has 11 heteroatoms. The predicted molar refractivity (Wildman–Crippen MR) is 188 cm³/mol. The van der Waals surface area contributed by atoms with Gasteiger partial charge in [-0.15, -0.1) is 0 Å². The SMILES string of the molecule is C[C@]12C=CC(=O)C=C1CC[C@@H]1[C@@H]2C(=O)C[C@@]2(C)[C@H]1CC[C@]2(O)C(=O)C(O)O.C[C@]12C=CC(=O)C=C1CC[C@@H]1[C@@H]2C(=O)C[C@@]2(C)[C@H]1CC[C@]2(O)C(=O)C=O. The molecule has 4 N–H and O–H groups in total. The van der Waals surface area contributed by atoms with Gasteiger partial charge in [-0.05, 0) is 99.3 Å². The van der Waals surface area contributed by atoms with E-state index in [4.69, 9.17) is 0 Å². The second-order valence-electron chi connectivity index (χ2n) is 18.1. The predicted octanol–water partition coefficient (Wildman–Crippen LogP) is 3.06. The third kappa shape index (κ3) is 5.02. The van der Waals surface area contributed by atoms with Gasteiger partial charge in [0.25, 0.3) is 0 Å². The molecule has 53 heavy (non-hydrogen) atoms. The summed E-state index contributed by atoms with van der Waals surface area (Å²) in [6.07, 6.45) is 12.7. The number of allylic oxidation sites excluding steroid dienone is 8. The van der Waals surface area contributed by atoms with Gasteiger partial charge in [-0.3, -0.25) is 33.6 Å². The second kappa shape index (κ2) is 12.2. The summed E-state index contributed by atoms with van der Waals surface area (Å²) in [5.74, 6) is -2.41. The van der Waals surface area contributed by atoms with Gasteiger partial charge in [-0.25, -0.2) is 0 Å². The number of aldehydes is 1. The number of Topliss-reactive ketones (excluding diaryl/α,β-unsaturated/α-hetero) is 4. The van der Waals surface area contributed by atoms with Crippen molar-refractivity contribution in [2.24, 2.45) is 57.2 Å². The highest BCUT2D eigenvalue weighted by molar-refractivity contribution is 6.29. The van der Waals surface area contributed by atoms with E-state index in [1.165, 1.54) is 6.08 Å². The van der Waals surface area contributed by atoms with Crippen molar-refractivity contribution in [1.29, 1.82) is 0 Å². The topological polar surface area (TPSA) is 200 Å². The maximum atomic E-state index is 13.3. The number of carbonyl (C=O) groups is 7. The summed E-state index contributed by atoms with van der Waals surface area (Å²) in [6.45, 7) is 7.57. The van der Waals surface area contributed by atoms with Crippen LogP contribution >= 0.6 is 0 Å². The third-order valence-corrected chi connectivity index (χ3v) is 16.0. The summed E-state index contributed by atoms with van der Waals surface area (Å²) in [5, 5.41) is 40.9. The van der Waals surface area contributed by atoms with E-state index in [0.29, 0.717) is 19.3 Å². The van der Waals surface area contributed by atoms with Crippen molar-refractivity contribution < 1.29 is 54.0 Å². The minimum atomic E-state index is -2.25. The lowest BCUT2D eigenvalue weighted by Gasteiger charge is -2.56. The number of hydrogen-bond acceptors (Lipinski definition) is 11. The fraction of sp³-hybridized carbons (Fsp3) is 0.643. The van der Waals surface area contributed by atoms with Gasteiger partial charge in [0.2, 0.25) is 17.9 Å². The molecule has 8 aliphatic rings. The molecule has 0 spiro atoms. The molecular weight excluding hydrogens is 680 g/mol. The van der Waals surface area contributed by atoms with Crippen molar-refractivity contribution in [2.75, 3.05) is 0 Å². The van der Waals surface area contributed by atoms with Gasteiger partial charge in [0, 0.05) is 46.3 Å². The van der Waals surface area contributed by atoms with Crippen molar-refractivity contribution in [3.8, 4) is 0 Å². The van der Waals surface area contributed by atoms with E-state index in [2.05, 4.69) is 0 Å². The van der Waals surface area contributed by atoms with E-state index < -0.39 is 50.7 Å². The van der Waals surface area contributed by atoms with Gasteiger partial charge < -0.3 is 20.4 Å². The van der Waals surface area contributed by atoms with Crippen molar-refractivity contribution >= 4 is 41.0 Å². The quantitative estimate of drug-likeness (QED) is 0.188. The van der Waals surface area contributed by atoms with E-state index in [1.54, 1.807) is 32.1 Å². The number of carbonyl (C=O) groups excluding carboxylic acids is 7. The monoisotopic (exact) mass is 730 g/mol. The van der Waals surface area contributed by atoms with Gasteiger partial charge in [0.1, 0.15) is 22.8 Å². The summed E-state index contributed by atoms with van der Waals surface area (Å²) in [7, 11) is 0. The maximum absolute atomic E-state index is 13.3. The number of fused-ring (bicyclic) bond motifs is 10. The molecule has 284 valence electrons. The Labute approximate surface area is 308 Å². The van der Waals surface area contributed by atoms with E-state index in [0.717, 1.165) is 30.4 Å². The summed E-state index contributed by atoms with van der Waals surface area (Å²) >= 11 is 0. The molecule has 0 aromatic rings. The molecule has 11 nitrogen and oxygen atoms in total. The minimum Gasteiger partial charge on any atom is -0.381 e. The number of aliphatic hydroxyl groups excluding tert-OH is 1. The van der Waals surface area contributed by atoms with Crippen LogP contribution < -0.4 is 0 Å². The molecule has 0 unspecified atom stereocenters. The van der Waals surface area contributed by atoms with Gasteiger partial charge in [0.15, 0.2) is 17.9 Å². The Morgan fingerprint density at radius 2 is 1.11 bits per heavy atom. The van der Waals surface area contributed by atoms with Crippen molar-refractivity contribution in [2.45, 2.75) is 109 Å². The van der Waals surface area contributed by atoms with Crippen molar-refractivity contribution in [3.05, 3.63) is 47.6 Å². The Kier molecular flexibility index (Phi) is 8.73. The molecule has 6 fully saturated rings. The fourth-order valence-electron chi connectivity index (χ4n) is 13.2. The highest BCUT2D eigenvalue weighted by Gasteiger charge is 2.70. The van der Waals surface area contributed by atoms with Crippen LogP contribution in [-0.4, -0.2) is 78.9 Å². The molecule has 0 radical (unpaired) electrons. The third-order valence-electron chi connectivity index (χ3n) is 16.0. The van der Waals surface area contributed by atoms with Crippen LogP contribution in [0.25, 0.3) is 0 Å². The van der Waals surface area contributed by atoms with Gasteiger partial charge >= 0.3 is 0 Å². The average molecular weight is 731 g/mol. The molecule has 0 heterocycles. The highest BCUT2D eigenvalue weighted by atomic mass is 16.5. The van der Waals surface area contributed by atoms with Crippen LogP contribution in [0, 0.1) is 57.2 Å². The molecule has 8 rings (SSSR count). The molecule has 0 aromatic carbocycles. The molecule has 0 saturated heterocycles. The smallest absolute Gasteiger partial charge is 0.227 e. The second-order valence-corrected chi connectivity index (χ2v) is 18.1. The first-order valence-corrected chi connectivity index (χ1v) is 19.0. The van der Waals surface area contributed by atoms with Crippen LogP contribution in [0.4, 0.5) is 0 Å². The lowest BCUT2D eigenvalue weighted by atomic mass is 9.46. The van der Waals surface area contributed by atoms with E-state index in [-0.39, 0.29) is 90.6 Å². The van der Waals surface area contributed by atoms with E-state index >= 15 is 0 Å². The zero-order valence-electron chi connectivity index (χ0n) is 30.8. The summed E-state index contributed by atoms with van der Waals surface area (Å²) in [5.41, 5.74) is -4.51.